The first-order valence-electron chi connectivity index (χ1n) is 11.1. The van der Waals surface area contributed by atoms with Gasteiger partial charge in [-0.2, -0.15) is 0 Å². The van der Waals surface area contributed by atoms with Crippen LogP contribution in [0.5, 0.6) is 0 Å². The number of carbonyl (C=O) groups is 6. The molecule has 4 unspecified atom stereocenters. The molecule has 36 heavy (non-hydrogen) atoms. The van der Waals surface area contributed by atoms with Crippen molar-refractivity contribution in [2.24, 2.45) is 39.6 Å². The fourth-order valence-corrected chi connectivity index (χ4v) is 3.01. The molecule has 5 amide bonds. The third-order valence-electron chi connectivity index (χ3n) is 4.70. The van der Waals surface area contributed by atoms with Crippen molar-refractivity contribution in [1.29, 1.82) is 0 Å². The van der Waals surface area contributed by atoms with E-state index in [1.54, 1.807) is 13.8 Å². The van der Waals surface area contributed by atoms with Crippen molar-refractivity contribution in [2.45, 2.75) is 70.1 Å². The topological polar surface area (TPSA) is 301 Å². The lowest BCUT2D eigenvalue weighted by Gasteiger charge is -2.25. The second-order valence-electron chi connectivity index (χ2n) is 8.55. The Kier molecular flexibility index (Phi) is 14.1. The number of carboxylic acid groups (broad SMARTS) is 1. The quantitative estimate of drug-likeness (QED) is 0.0509. The van der Waals surface area contributed by atoms with Crippen LogP contribution in [0, 0.1) is 5.92 Å². The molecule has 14 N–H and O–H groups in total. The minimum Gasteiger partial charge on any atom is -0.480 e. The van der Waals surface area contributed by atoms with E-state index < -0.39 is 72.5 Å². The Bertz CT molecular complexity index is 843. The van der Waals surface area contributed by atoms with Crippen LogP contribution in [0.1, 0.15) is 46.0 Å². The fourth-order valence-electron chi connectivity index (χ4n) is 3.01. The van der Waals surface area contributed by atoms with Crippen LogP contribution in [-0.2, 0) is 28.8 Å². The molecule has 4 atom stereocenters. The van der Waals surface area contributed by atoms with E-state index in [1.165, 1.54) is 0 Å². The Morgan fingerprint density at radius 3 is 1.75 bits per heavy atom. The van der Waals surface area contributed by atoms with Crippen LogP contribution in [0.25, 0.3) is 0 Å². The summed E-state index contributed by atoms with van der Waals surface area (Å²) in [4.78, 5) is 75.7. The van der Waals surface area contributed by atoms with Crippen molar-refractivity contribution < 1.29 is 33.9 Å². The molecule has 0 aromatic carbocycles. The summed E-state index contributed by atoms with van der Waals surface area (Å²) >= 11 is 0. The molecule has 0 bridgehead atoms. The molecular weight excluding hydrogens is 478 g/mol. The highest BCUT2D eigenvalue weighted by Crippen LogP contribution is 2.08. The average molecular weight is 516 g/mol. The molecule has 0 saturated carbocycles. The van der Waals surface area contributed by atoms with Crippen molar-refractivity contribution >= 4 is 41.5 Å². The van der Waals surface area contributed by atoms with Gasteiger partial charge in [-0.1, -0.05) is 13.8 Å². The number of guanidine groups is 1. The van der Waals surface area contributed by atoms with Crippen LogP contribution in [0.2, 0.25) is 0 Å². The van der Waals surface area contributed by atoms with Gasteiger partial charge in [0.1, 0.15) is 18.1 Å². The smallest absolute Gasteiger partial charge is 0.326 e. The van der Waals surface area contributed by atoms with E-state index in [-0.39, 0.29) is 37.7 Å². The molecule has 16 nitrogen and oxygen atoms in total. The van der Waals surface area contributed by atoms with E-state index in [0.29, 0.717) is 0 Å². The van der Waals surface area contributed by atoms with Gasteiger partial charge in [-0.25, -0.2) is 4.79 Å². The van der Waals surface area contributed by atoms with Crippen molar-refractivity contribution in [3.63, 3.8) is 0 Å². The Balaban J connectivity index is 5.50. The van der Waals surface area contributed by atoms with E-state index >= 15 is 0 Å². The summed E-state index contributed by atoms with van der Waals surface area (Å²) in [5.41, 5.74) is 26.2. The summed E-state index contributed by atoms with van der Waals surface area (Å²) in [6.07, 6.45) is -0.752. The maximum Gasteiger partial charge on any atom is 0.326 e. The molecule has 0 aromatic heterocycles. The first kappa shape index (κ1) is 32.0. The van der Waals surface area contributed by atoms with Gasteiger partial charge in [0, 0.05) is 6.54 Å². The van der Waals surface area contributed by atoms with Crippen molar-refractivity contribution in [3.8, 4) is 0 Å². The second kappa shape index (κ2) is 15.9. The molecule has 0 aliphatic carbocycles. The van der Waals surface area contributed by atoms with E-state index in [1.807, 2.05) is 0 Å². The molecule has 0 aromatic rings. The number of nitrogens with zero attached hydrogens (tertiary/aromatic N) is 1. The van der Waals surface area contributed by atoms with Crippen molar-refractivity contribution in [3.05, 3.63) is 0 Å². The molecule has 0 saturated heterocycles. The lowest BCUT2D eigenvalue weighted by molar-refractivity contribution is -0.142. The Hall–Kier alpha value is -3.95. The largest absolute Gasteiger partial charge is 0.480 e. The van der Waals surface area contributed by atoms with Crippen LogP contribution in [0.4, 0.5) is 0 Å². The standard InChI is InChI=1S/C20H37N9O7/c1-9(2)6-12(17(33)27-11(19(35)36)4-3-5-26-20(24)25)29-18(34)13(8-15(23)31)28-16(32)10(21)7-14(22)30/h9-13H,3-8,21H2,1-2H3,(H2,22,30)(H2,23,31)(H,27,33)(H,28,32)(H,29,34)(H,35,36)(H4,24,25,26). The van der Waals surface area contributed by atoms with Crippen LogP contribution < -0.4 is 44.6 Å². The van der Waals surface area contributed by atoms with Gasteiger partial charge < -0.3 is 49.7 Å². The van der Waals surface area contributed by atoms with Gasteiger partial charge in [-0.3, -0.25) is 29.0 Å². The Morgan fingerprint density at radius 1 is 0.778 bits per heavy atom. The molecule has 204 valence electrons. The molecule has 0 heterocycles. The SMILES string of the molecule is CC(C)CC(NC(=O)C(CC(N)=O)NC(=O)C(N)CC(N)=O)C(=O)NC(CCCN=C(N)N)C(=O)O. The molecule has 0 fully saturated rings. The number of aliphatic carboxylic acids is 1. The number of amides is 5. The van der Waals surface area contributed by atoms with E-state index in [0.717, 1.165) is 0 Å². The molecule has 0 rings (SSSR count). The van der Waals surface area contributed by atoms with Crippen LogP contribution in [0.3, 0.4) is 0 Å². The van der Waals surface area contributed by atoms with Crippen LogP contribution in [-0.4, -0.2) is 77.3 Å². The number of carbonyl (C=O) groups excluding carboxylic acids is 5. The van der Waals surface area contributed by atoms with Gasteiger partial charge in [-0.05, 0) is 25.2 Å². The summed E-state index contributed by atoms with van der Waals surface area (Å²) in [7, 11) is 0. The molecular formula is C20H37N9O7. The molecule has 0 spiro atoms. The highest BCUT2D eigenvalue weighted by atomic mass is 16.4. The van der Waals surface area contributed by atoms with E-state index in [9.17, 15) is 33.9 Å². The summed E-state index contributed by atoms with van der Waals surface area (Å²) in [5.74, 6) is -6.02. The molecule has 16 heteroatoms. The highest BCUT2D eigenvalue weighted by Gasteiger charge is 2.31. The summed E-state index contributed by atoms with van der Waals surface area (Å²) < 4.78 is 0. The van der Waals surface area contributed by atoms with E-state index in [2.05, 4.69) is 20.9 Å². The monoisotopic (exact) mass is 515 g/mol. The zero-order valence-corrected chi connectivity index (χ0v) is 20.4. The summed E-state index contributed by atoms with van der Waals surface area (Å²) in [6, 6.07) is -5.38. The van der Waals surface area contributed by atoms with Crippen molar-refractivity contribution in [2.75, 3.05) is 6.54 Å². The Labute approximate surface area is 208 Å². The summed E-state index contributed by atoms with van der Waals surface area (Å²) in [5, 5.41) is 16.4. The number of aliphatic imine (C=N–C) groups is 1. The average Bonchev–Trinajstić information content (AvgIpc) is 2.73. The number of primary amides is 2. The van der Waals surface area contributed by atoms with Crippen LogP contribution >= 0.6 is 0 Å². The van der Waals surface area contributed by atoms with Gasteiger partial charge in [0.05, 0.1) is 18.9 Å². The lowest BCUT2D eigenvalue weighted by atomic mass is 10.0. The number of hydrogen-bond donors (Lipinski definition) is 9. The number of nitrogens with two attached hydrogens (primary N) is 5. The van der Waals surface area contributed by atoms with Gasteiger partial charge in [0.25, 0.3) is 0 Å². The van der Waals surface area contributed by atoms with Gasteiger partial charge in [0.2, 0.25) is 29.5 Å². The third-order valence-corrected chi connectivity index (χ3v) is 4.70. The Morgan fingerprint density at radius 2 is 1.28 bits per heavy atom. The van der Waals surface area contributed by atoms with Gasteiger partial charge in [0.15, 0.2) is 5.96 Å². The minimum atomic E-state index is -1.51. The normalized spacial score (nSPS) is 14.0. The lowest BCUT2D eigenvalue weighted by Crippen LogP contribution is -2.58. The second-order valence-corrected chi connectivity index (χ2v) is 8.55. The number of carboxylic acids is 1. The predicted molar refractivity (Wildman–Crippen MR) is 128 cm³/mol. The molecule has 0 aliphatic rings. The highest BCUT2D eigenvalue weighted by molar-refractivity contribution is 5.96. The predicted octanol–water partition coefficient (Wildman–Crippen LogP) is -4.30. The van der Waals surface area contributed by atoms with Crippen LogP contribution in [0.15, 0.2) is 4.99 Å². The first-order chi connectivity index (χ1) is 16.6. The number of hydrogen-bond acceptors (Lipinski definition) is 8. The zero-order chi connectivity index (χ0) is 28.0. The third kappa shape index (κ3) is 13.7. The summed E-state index contributed by atoms with van der Waals surface area (Å²) in [6.45, 7) is 3.68. The fraction of sp³-hybridized carbons (Fsp3) is 0.650. The van der Waals surface area contributed by atoms with Crippen molar-refractivity contribution in [1.82, 2.24) is 16.0 Å². The maximum atomic E-state index is 12.9. The van der Waals surface area contributed by atoms with Gasteiger partial charge in [-0.15, -0.1) is 0 Å². The maximum absolute atomic E-state index is 12.9. The van der Waals surface area contributed by atoms with E-state index in [4.69, 9.17) is 28.7 Å². The first-order valence-corrected chi connectivity index (χ1v) is 11.1. The molecule has 0 aliphatic heterocycles. The minimum absolute atomic E-state index is 0.0122. The number of rotatable bonds is 17. The molecule has 0 radical (unpaired) electrons. The zero-order valence-electron chi connectivity index (χ0n) is 20.4. The number of nitrogens with one attached hydrogen (secondary N) is 3. The van der Waals surface area contributed by atoms with Gasteiger partial charge >= 0.3 is 5.97 Å².